The summed E-state index contributed by atoms with van der Waals surface area (Å²) in [6.45, 7) is 10.5. The van der Waals surface area contributed by atoms with Crippen molar-refractivity contribution in [2.75, 3.05) is 13.2 Å². The quantitative estimate of drug-likeness (QED) is 0.654. The highest BCUT2D eigenvalue weighted by molar-refractivity contribution is 5.82. The SMILES string of the molecule is CCOC(CC(=O)C1CC2CCC(C1)N2C(=O)OC(C)(C)C)OCC. The molecule has 0 aromatic carbocycles. The fourth-order valence-corrected chi connectivity index (χ4v) is 3.92. The second-order valence-electron chi connectivity index (χ2n) is 7.95. The Labute approximate surface area is 151 Å². The maximum atomic E-state index is 12.7. The maximum Gasteiger partial charge on any atom is 0.410 e. The van der Waals surface area contributed by atoms with Gasteiger partial charge in [-0.25, -0.2) is 4.79 Å². The Morgan fingerprint density at radius 1 is 1.04 bits per heavy atom. The van der Waals surface area contributed by atoms with E-state index in [2.05, 4.69) is 0 Å². The Hall–Kier alpha value is -1.14. The average Bonchev–Trinajstić information content (AvgIpc) is 2.76. The molecule has 2 rings (SSSR count). The summed E-state index contributed by atoms with van der Waals surface area (Å²) in [6.07, 6.45) is 2.94. The summed E-state index contributed by atoms with van der Waals surface area (Å²) in [5, 5.41) is 0. The minimum absolute atomic E-state index is 0.0143. The maximum absolute atomic E-state index is 12.7. The predicted octanol–water partition coefficient (Wildman–Crippen LogP) is 3.52. The van der Waals surface area contributed by atoms with Crippen molar-refractivity contribution in [3.8, 4) is 0 Å². The molecule has 0 radical (unpaired) electrons. The van der Waals surface area contributed by atoms with Crippen molar-refractivity contribution in [3.63, 3.8) is 0 Å². The van der Waals surface area contributed by atoms with E-state index in [1.54, 1.807) is 0 Å². The van der Waals surface area contributed by atoms with Crippen LogP contribution < -0.4 is 0 Å². The summed E-state index contributed by atoms with van der Waals surface area (Å²) in [6, 6.07) is 0.223. The monoisotopic (exact) mass is 355 g/mol. The molecule has 2 fully saturated rings. The molecule has 0 aromatic heterocycles. The zero-order valence-corrected chi connectivity index (χ0v) is 16.2. The first-order valence-corrected chi connectivity index (χ1v) is 9.52. The van der Waals surface area contributed by atoms with Crippen LogP contribution in [0.3, 0.4) is 0 Å². The highest BCUT2D eigenvalue weighted by Gasteiger charge is 2.46. The van der Waals surface area contributed by atoms with Crippen LogP contribution in [0.1, 0.15) is 66.7 Å². The highest BCUT2D eigenvalue weighted by atomic mass is 16.7. The van der Waals surface area contributed by atoms with Crippen LogP contribution in [0, 0.1) is 5.92 Å². The minimum Gasteiger partial charge on any atom is -0.444 e. The Morgan fingerprint density at radius 3 is 2.00 bits per heavy atom. The van der Waals surface area contributed by atoms with Crippen LogP contribution in [-0.2, 0) is 19.0 Å². The van der Waals surface area contributed by atoms with Gasteiger partial charge in [-0.1, -0.05) is 0 Å². The van der Waals surface area contributed by atoms with Gasteiger partial charge in [-0.15, -0.1) is 0 Å². The number of piperidine rings is 1. The summed E-state index contributed by atoms with van der Waals surface area (Å²) in [5.74, 6) is 0.173. The zero-order valence-electron chi connectivity index (χ0n) is 16.2. The second kappa shape index (κ2) is 8.49. The molecule has 2 aliphatic rings. The van der Waals surface area contributed by atoms with E-state index in [9.17, 15) is 9.59 Å². The molecule has 1 amide bonds. The standard InChI is InChI=1S/C19H33NO5/c1-6-23-17(24-7-2)12-16(21)13-10-14-8-9-15(11-13)20(14)18(22)25-19(3,4)5/h13-15,17H,6-12H2,1-5H3. The lowest BCUT2D eigenvalue weighted by Gasteiger charge is -2.39. The van der Waals surface area contributed by atoms with Crippen molar-refractivity contribution < 1.29 is 23.8 Å². The molecular formula is C19H33NO5. The third-order valence-corrected chi connectivity index (χ3v) is 4.87. The molecule has 0 spiro atoms. The van der Waals surface area contributed by atoms with E-state index in [-0.39, 0.29) is 36.3 Å². The third-order valence-electron chi connectivity index (χ3n) is 4.87. The molecule has 0 N–H and O–H groups in total. The minimum atomic E-state index is -0.495. The van der Waals surface area contributed by atoms with Crippen LogP contribution in [0.5, 0.6) is 0 Å². The predicted molar refractivity (Wildman–Crippen MR) is 94.3 cm³/mol. The summed E-state index contributed by atoms with van der Waals surface area (Å²) >= 11 is 0. The Bertz CT molecular complexity index is 453. The third kappa shape index (κ3) is 5.42. The van der Waals surface area contributed by atoms with Gasteiger partial charge in [-0.05, 0) is 60.3 Å². The van der Waals surface area contributed by atoms with Crippen LogP contribution in [0.25, 0.3) is 0 Å². The second-order valence-corrected chi connectivity index (χ2v) is 7.95. The fourth-order valence-electron chi connectivity index (χ4n) is 3.92. The number of hydrogen-bond donors (Lipinski definition) is 0. The van der Waals surface area contributed by atoms with Gasteiger partial charge >= 0.3 is 6.09 Å². The first-order valence-electron chi connectivity index (χ1n) is 9.52. The number of ether oxygens (including phenoxy) is 3. The fraction of sp³-hybridized carbons (Fsp3) is 0.895. The first kappa shape index (κ1) is 20.2. The van der Waals surface area contributed by atoms with Crippen LogP contribution in [0.15, 0.2) is 0 Å². The summed E-state index contributed by atoms with van der Waals surface area (Å²) in [4.78, 5) is 27.0. The highest BCUT2D eigenvalue weighted by Crippen LogP contribution is 2.40. The molecule has 144 valence electrons. The smallest absolute Gasteiger partial charge is 0.410 e. The van der Waals surface area contributed by atoms with E-state index in [4.69, 9.17) is 14.2 Å². The lowest BCUT2D eigenvalue weighted by Crippen LogP contribution is -2.49. The molecule has 2 bridgehead atoms. The number of carbonyl (C=O) groups excluding carboxylic acids is 2. The molecule has 0 aromatic rings. The average molecular weight is 355 g/mol. The summed E-state index contributed by atoms with van der Waals surface area (Å²) in [5.41, 5.74) is -0.495. The lowest BCUT2D eigenvalue weighted by molar-refractivity contribution is -0.155. The Balaban J connectivity index is 1.94. The van der Waals surface area contributed by atoms with Crippen LogP contribution >= 0.6 is 0 Å². The van der Waals surface area contributed by atoms with E-state index < -0.39 is 11.9 Å². The van der Waals surface area contributed by atoms with E-state index in [1.807, 2.05) is 39.5 Å². The largest absolute Gasteiger partial charge is 0.444 e. The lowest BCUT2D eigenvalue weighted by atomic mass is 9.86. The number of nitrogens with zero attached hydrogens (tertiary/aromatic N) is 1. The van der Waals surface area contributed by atoms with Gasteiger partial charge in [0.05, 0.1) is 6.42 Å². The van der Waals surface area contributed by atoms with E-state index >= 15 is 0 Å². The van der Waals surface area contributed by atoms with Gasteiger partial charge in [0.25, 0.3) is 0 Å². The van der Waals surface area contributed by atoms with Gasteiger partial charge in [-0.2, -0.15) is 0 Å². The molecule has 2 aliphatic heterocycles. The van der Waals surface area contributed by atoms with Gasteiger partial charge in [0.15, 0.2) is 6.29 Å². The van der Waals surface area contributed by atoms with Crippen LogP contribution in [0.4, 0.5) is 4.79 Å². The Kier molecular flexibility index (Phi) is 6.86. The number of carbonyl (C=O) groups is 2. The molecule has 25 heavy (non-hydrogen) atoms. The molecular weight excluding hydrogens is 322 g/mol. The van der Waals surface area contributed by atoms with Crippen LogP contribution in [0.2, 0.25) is 0 Å². The zero-order chi connectivity index (χ0) is 18.6. The first-order chi connectivity index (χ1) is 11.7. The van der Waals surface area contributed by atoms with Gasteiger partial charge in [0.1, 0.15) is 11.4 Å². The number of ketones is 1. The molecule has 2 unspecified atom stereocenters. The molecule has 2 atom stereocenters. The molecule has 2 heterocycles. The molecule has 6 nitrogen and oxygen atoms in total. The van der Waals surface area contributed by atoms with E-state index in [0.717, 1.165) is 25.7 Å². The van der Waals surface area contributed by atoms with Crippen molar-refractivity contribution in [2.45, 2.75) is 90.7 Å². The summed E-state index contributed by atoms with van der Waals surface area (Å²) < 4.78 is 16.5. The number of rotatable bonds is 7. The van der Waals surface area contributed by atoms with Crippen molar-refractivity contribution >= 4 is 11.9 Å². The van der Waals surface area contributed by atoms with Gasteiger partial charge < -0.3 is 19.1 Å². The molecule has 6 heteroatoms. The number of amides is 1. The molecule has 0 saturated carbocycles. The summed E-state index contributed by atoms with van der Waals surface area (Å²) in [7, 11) is 0. The number of fused-ring (bicyclic) bond motifs is 2. The van der Waals surface area contributed by atoms with Crippen LogP contribution in [-0.4, -0.2) is 54.0 Å². The van der Waals surface area contributed by atoms with Gasteiger partial charge in [-0.3, -0.25) is 4.79 Å². The number of Topliss-reactive ketones (excluding diaryl/α,β-unsaturated/α-hetero) is 1. The van der Waals surface area contributed by atoms with Gasteiger partial charge in [0, 0.05) is 31.2 Å². The Morgan fingerprint density at radius 2 is 1.56 bits per heavy atom. The topological polar surface area (TPSA) is 65.1 Å². The van der Waals surface area contributed by atoms with Crippen molar-refractivity contribution in [1.82, 2.24) is 4.90 Å². The van der Waals surface area contributed by atoms with Crippen molar-refractivity contribution in [2.24, 2.45) is 5.92 Å². The number of hydrogen-bond acceptors (Lipinski definition) is 5. The molecule has 2 saturated heterocycles. The van der Waals surface area contributed by atoms with E-state index in [0.29, 0.717) is 13.2 Å². The molecule has 0 aliphatic carbocycles. The van der Waals surface area contributed by atoms with Gasteiger partial charge in [0.2, 0.25) is 0 Å². The van der Waals surface area contributed by atoms with E-state index in [1.165, 1.54) is 0 Å². The van der Waals surface area contributed by atoms with Crippen molar-refractivity contribution in [3.05, 3.63) is 0 Å². The van der Waals surface area contributed by atoms with Crippen molar-refractivity contribution in [1.29, 1.82) is 0 Å². The normalized spacial score (nSPS) is 26.2.